The third-order valence-electron chi connectivity index (χ3n) is 4.89. The number of benzene rings is 1. The number of rotatable bonds is 4. The van der Waals surface area contributed by atoms with Gasteiger partial charge < -0.3 is 9.64 Å². The molecular formula is C21H29N3O2. The largest absolute Gasteiger partial charge is 0.491 e. The van der Waals surface area contributed by atoms with Crippen LogP contribution in [0.25, 0.3) is 0 Å². The monoisotopic (exact) mass is 355 g/mol. The molecule has 1 aliphatic rings. The van der Waals surface area contributed by atoms with Gasteiger partial charge in [0.15, 0.2) is 0 Å². The summed E-state index contributed by atoms with van der Waals surface area (Å²) in [6.07, 6.45) is 1.22. The van der Waals surface area contributed by atoms with Crippen LogP contribution in [0, 0.1) is 26.7 Å². The highest BCUT2D eigenvalue weighted by Gasteiger charge is 2.24. The number of hydrogen-bond donors (Lipinski definition) is 0. The summed E-state index contributed by atoms with van der Waals surface area (Å²) >= 11 is 0. The van der Waals surface area contributed by atoms with Gasteiger partial charge in [0, 0.05) is 24.3 Å². The molecule has 3 rings (SSSR count). The molecule has 0 saturated carbocycles. The van der Waals surface area contributed by atoms with Crippen LogP contribution in [-0.2, 0) is 17.8 Å². The van der Waals surface area contributed by atoms with Crippen molar-refractivity contribution in [2.24, 2.45) is 5.92 Å². The number of aromatic nitrogens is 2. The standard InChI is InChI=1S/C21H29N3O2/c1-14(2)13-24-17(5)18(16(4)22-24)12-21(25)23-9-6-10-26-20-8-7-15(3)11-19(20)23/h7-8,11,14H,6,9-10,12-13H2,1-5H3. The lowest BCUT2D eigenvalue weighted by atomic mass is 10.1. The number of hydrogen-bond acceptors (Lipinski definition) is 3. The second kappa shape index (κ2) is 7.52. The number of nitrogens with zero attached hydrogens (tertiary/aromatic N) is 3. The minimum Gasteiger partial charge on any atom is -0.491 e. The van der Waals surface area contributed by atoms with Gasteiger partial charge in [-0.2, -0.15) is 5.10 Å². The zero-order valence-electron chi connectivity index (χ0n) is 16.5. The van der Waals surface area contributed by atoms with E-state index in [2.05, 4.69) is 25.9 Å². The highest BCUT2D eigenvalue weighted by Crippen LogP contribution is 2.32. The van der Waals surface area contributed by atoms with Crippen LogP contribution in [0.2, 0.25) is 0 Å². The normalized spacial score (nSPS) is 14.2. The van der Waals surface area contributed by atoms with Crippen LogP contribution in [0.1, 0.15) is 42.8 Å². The van der Waals surface area contributed by atoms with Gasteiger partial charge in [0.1, 0.15) is 5.75 Å². The number of carbonyl (C=O) groups excluding carboxylic acids is 1. The smallest absolute Gasteiger partial charge is 0.231 e. The molecule has 1 aliphatic heterocycles. The molecule has 1 aromatic heterocycles. The van der Waals surface area contributed by atoms with E-state index in [9.17, 15) is 4.79 Å². The molecule has 0 aliphatic carbocycles. The molecule has 0 radical (unpaired) electrons. The Hall–Kier alpha value is -2.30. The van der Waals surface area contributed by atoms with E-state index in [-0.39, 0.29) is 5.91 Å². The van der Waals surface area contributed by atoms with Crippen molar-refractivity contribution in [3.05, 3.63) is 40.7 Å². The summed E-state index contributed by atoms with van der Waals surface area (Å²) in [5, 5.41) is 4.65. The van der Waals surface area contributed by atoms with Crippen molar-refractivity contribution in [1.82, 2.24) is 9.78 Å². The van der Waals surface area contributed by atoms with Crippen molar-refractivity contribution in [3.63, 3.8) is 0 Å². The first kappa shape index (κ1) is 18.5. The Bertz CT molecular complexity index is 808. The zero-order chi connectivity index (χ0) is 18.8. The topological polar surface area (TPSA) is 47.4 Å². The van der Waals surface area contributed by atoms with Gasteiger partial charge in [0.2, 0.25) is 5.91 Å². The van der Waals surface area contributed by atoms with Crippen LogP contribution < -0.4 is 9.64 Å². The van der Waals surface area contributed by atoms with Crippen molar-refractivity contribution in [2.75, 3.05) is 18.1 Å². The van der Waals surface area contributed by atoms with Crippen LogP contribution in [0.4, 0.5) is 5.69 Å². The SMILES string of the molecule is Cc1ccc2c(c1)N(C(=O)Cc1c(C)nn(CC(C)C)c1C)CCCO2. The fourth-order valence-electron chi connectivity index (χ4n) is 3.50. The van der Waals surface area contributed by atoms with E-state index in [4.69, 9.17) is 4.74 Å². The van der Waals surface area contributed by atoms with E-state index < -0.39 is 0 Å². The second-order valence-electron chi connectivity index (χ2n) is 7.62. The van der Waals surface area contributed by atoms with E-state index in [0.717, 1.165) is 46.9 Å². The van der Waals surface area contributed by atoms with Crippen molar-refractivity contribution in [1.29, 1.82) is 0 Å². The molecule has 0 spiro atoms. The molecule has 2 heterocycles. The molecule has 1 amide bonds. The maximum absolute atomic E-state index is 13.2. The van der Waals surface area contributed by atoms with Gasteiger partial charge in [0.05, 0.1) is 24.4 Å². The van der Waals surface area contributed by atoms with Crippen LogP contribution in [-0.4, -0.2) is 28.8 Å². The molecule has 2 aromatic rings. The van der Waals surface area contributed by atoms with E-state index >= 15 is 0 Å². The lowest BCUT2D eigenvalue weighted by molar-refractivity contribution is -0.118. The molecule has 0 saturated heterocycles. The lowest BCUT2D eigenvalue weighted by Crippen LogP contribution is -2.33. The summed E-state index contributed by atoms with van der Waals surface area (Å²) < 4.78 is 7.85. The average molecular weight is 355 g/mol. The molecule has 0 N–H and O–H groups in total. The molecular weight excluding hydrogens is 326 g/mol. The number of anilines is 1. The molecule has 1 aromatic carbocycles. The summed E-state index contributed by atoms with van der Waals surface area (Å²) in [6.45, 7) is 12.7. The van der Waals surface area contributed by atoms with Crippen molar-refractivity contribution in [3.8, 4) is 5.75 Å². The Balaban J connectivity index is 1.87. The van der Waals surface area contributed by atoms with Crippen molar-refractivity contribution in [2.45, 2.75) is 54.0 Å². The molecule has 0 bridgehead atoms. The lowest BCUT2D eigenvalue weighted by Gasteiger charge is -2.22. The first-order valence-electron chi connectivity index (χ1n) is 9.43. The Labute approximate surface area is 156 Å². The Morgan fingerprint density at radius 3 is 2.77 bits per heavy atom. The summed E-state index contributed by atoms with van der Waals surface area (Å²) in [7, 11) is 0. The third-order valence-corrected chi connectivity index (χ3v) is 4.89. The molecule has 0 atom stereocenters. The maximum atomic E-state index is 13.2. The number of ether oxygens (including phenoxy) is 1. The first-order valence-corrected chi connectivity index (χ1v) is 9.43. The van der Waals surface area contributed by atoms with Gasteiger partial charge >= 0.3 is 0 Å². The minimum absolute atomic E-state index is 0.109. The van der Waals surface area contributed by atoms with Crippen LogP contribution in [0.5, 0.6) is 5.75 Å². The van der Waals surface area contributed by atoms with Gasteiger partial charge in [-0.15, -0.1) is 0 Å². The van der Waals surface area contributed by atoms with E-state index in [1.165, 1.54) is 0 Å². The van der Waals surface area contributed by atoms with Gasteiger partial charge in [-0.3, -0.25) is 9.48 Å². The molecule has 5 heteroatoms. The van der Waals surface area contributed by atoms with Gasteiger partial charge in [-0.05, 0) is 50.8 Å². The molecule has 5 nitrogen and oxygen atoms in total. The fourth-order valence-corrected chi connectivity index (χ4v) is 3.50. The second-order valence-corrected chi connectivity index (χ2v) is 7.62. The first-order chi connectivity index (χ1) is 12.4. The number of aryl methyl sites for hydroxylation is 2. The van der Waals surface area contributed by atoms with E-state index in [0.29, 0.717) is 25.5 Å². The predicted octanol–water partition coefficient (Wildman–Crippen LogP) is 3.82. The molecule has 0 fully saturated rings. The minimum atomic E-state index is 0.109. The van der Waals surface area contributed by atoms with Crippen molar-refractivity contribution < 1.29 is 9.53 Å². The van der Waals surface area contributed by atoms with Crippen LogP contribution in [0.15, 0.2) is 18.2 Å². The number of amides is 1. The van der Waals surface area contributed by atoms with Crippen LogP contribution in [0.3, 0.4) is 0 Å². The quantitative estimate of drug-likeness (QED) is 0.837. The van der Waals surface area contributed by atoms with E-state index in [1.807, 2.05) is 41.6 Å². The Morgan fingerprint density at radius 2 is 2.04 bits per heavy atom. The van der Waals surface area contributed by atoms with E-state index in [1.54, 1.807) is 0 Å². The predicted molar refractivity (Wildman–Crippen MR) is 104 cm³/mol. The summed E-state index contributed by atoms with van der Waals surface area (Å²) in [4.78, 5) is 15.0. The third kappa shape index (κ3) is 3.76. The highest BCUT2D eigenvalue weighted by atomic mass is 16.5. The molecule has 0 unspecified atom stereocenters. The van der Waals surface area contributed by atoms with Gasteiger partial charge in [-0.25, -0.2) is 0 Å². The van der Waals surface area contributed by atoms with Gasteiger partial charge in [-0.1, -0.05) is 19.9 Å². The summed E-state index contributed by atoms with van der Waals surface area (Å²) in [5.74, 6) is 1.43. The molecule has 26 heavy (non-hydrogen) atoms. The van der Waals surface area contributed by atoms with Crippen molar-refractivity contribution >= 4 is 11.6 Å². The highest BCUT2D eigenvalue weighted by molar-refractivity contribution is 5.96. The van der Waals surface area contributed by atoms with Crippen LogP contribution >= 0.6 is 0 Å². The zero-order valence-corrected chi connectivity index (χ0v) is 16.5. The Morgan fingerprint density at radius 1 is 1.27 bits per heavy atom. The maximum Gasteiger partial charge on any atom is 0.231 e. The Kier molecular flexibility index (Phi) is 5.35. The van der Waals surface area contributed by atoms with Gasteiger partial charge in [0.25, 0.3) is 0 Å². The fraction of sp³-hybridized carbons (Fsp3) is 0.524. The average Bonchev–Trinajstić information content (AvgIpc) is 2.76. The summed E-state index contributed by atoms with van der Waals surface area (Å²) in [5.41, 5.74) is 5.11. The summed E-state index contributed by atoms with van der Waals surface area (Å²) in [6, 6.07) is 6.03. The number of carbonyl (C=O) groups is 1. The number of fused-ring (bicyclic) bond motifs is 1. The molecule has 140 valence electrons.